The van der Waals surface area contributed by atoms with Crippen molar-refractivity contribution in [3.05, 3.63) is 22.2 Å². The van der Waals surface area contributed by atoms with Crippen LogP contribution < -0.4 is 4.74 Å². The topological polar surface area (TPSA) is 66.8 Å². The number of hydrogen-bond donors (Lipinski definition) is 2. The number of hydrogen-bond acceptors (Lipinski definition) is 3. The SMILES string of the molecule is COc1cc(Br)c(CC(=O)O)cc1O. The van der Waals surface area contributed by atoms with E-state index in [1.54, 1.807) is 0 Å². The van der Waals surface area contributed by atoms with Gasteiger partial charge in [-0.1, -0.05) is 15.9 Å². The van der Waals surface area contributed by atoms with Gasteiger partial charge < -0.3 is 14.9 Å². The van der Waals surface area contributed by atoms with Crippen molar-refractivity contribution in [2.75, 3.05) is 7.11 Å². The van der Waals surface area contributed by atoms with Gasteiger partial charge in [-0.3, -0.25) is 4.79 Å². The fraction of sp³-hybridized carbons (Fsp3) is 0.222. The zero-order valence-electron chi connectivity index (χ0n) is 7.45. The van der Waals surface area contributed by atoms with Gasteiger partial charge in [-0.2, -0.15) is 0 Å². The molecule has 5 heteroatoms. The van der Waals surface area contributed by atoms with Crippen LogP contribution in [0.1, 0.15) is 5.56 Å². The first-order valence-electron chi connectivity index (χ1n) is 3.81. The standard InChI is InChI=1S/C9H9BrO4/c1-14-8-4-6(10)5(2-7(8)11)3-9(12)13/h2,4,11H,3H2,1H3,(H,12,13). The van der Waals surface area contributed by atoms with E-state index < -0.39 is 5.97 Å². The summed E-state index contributed by atoms with van der Waals surface area (Å²) in [6.07, 6.45) is -0.141. The molecule has 0 amide bonds. The molecular formula is C9H9BrO4. The number of carbonyl (C=O) groups is 1. The summed E-state index contributed by atoms with van der Waals surface area (Å²) >= 11 is 3.20. The van der Waals surface area contributed by atoms with Crippen molar-refractivity contribution in [3.63, 3.8) is 0 Å². The molecule has 1 aromatic carbocycles. The van der Waals surface area contributed by atoms with Gasteiger partial charge >= 0.3 is 5.97 Å². The summed E-state index contributed by atoms with van der Waals surface area (Å²) in [5.41, 5.74) is 0.510. The fourth-order valence-corrected chi connectivity index (χ4v) is 1.51. The van der Waals surface area contributed by atoms with Crippen molar-refractivity contribution in [1.29, 1.82) is 0 Å². The Kier molecular flexibility index (Phi) is 3.35. The Bertz CT molecular complexity index is 362. The predicted molar refractivity (Wildman–Crippen MR) is 53.7 cm³/mol. The molecule has 0 atom stereocenters. The van der Waals surface area contributed by atoms with E-state index in [1.165, 1.54) is 19.2 Å². The van der Waals surface area contributed by atoms with Crippen molar-refractivity contribution in [2.24, 2.45) is 0 Å². The second-order valence-corrected chi connectivity index (χ2v) is 3.54. The van der Waals surface area contributed by atoms with Crippen molar-refractivity contribution in [3.8, 4) is 11.5 Å². The van der Waals surface area contributed by atoms with Gasteiger partial charge in [-0.25, -0.2) is 0 Å². The Morgan fingerprint density at radius 3 is 2.71 bits per heavy atom. The molecule has 0 aromatic heterocycles. The molecule has 76 valence electrons. The molecule has 0 aliphatic carbocycles. The maximum Gasteiger partial charge on any atom is 0.307 e. The number of methoxy groups -OCH3 is 1. The highest BCUT2D eigenvalue weighted by Gasteiger charge is 2.10. The summed E-state index contributed by atoms with van der Waals surface area (Å²) in [7, 11) is 1.43. The molecule has 0 fully saturated rings. The summed E-state index contributed by atoms with van der Waals surface area (Å²) in [6.45, 7) is 0. The lowest BCUT2D eigenvalue weighted by molar-refractivity contribution is -0.136. The molecule has 0 aliphatic heterocycles. The molecule has 0 saturated heterocycles. The minimum Gasteiger partial charge on any atom is -0.504 e. The molecular weight excluding hydrogens is 252 g/mol. The highest BCUT2D eigenvalue weighted by molar-refractivity contribution is 9.10. The van der Waals surface area contributed by atoms with Gasteiger partial charge in [0, 0.05) is 4.47 Å². The van der Waals surface area contributed by atoms with Crippen LogP contribution in [0.4, 0.5) is 0 Å². The molecule has 0 saturated carbocycles. The predicted octanol–water partition coefficient (Wildman–Crippen LogP) is 1.79. The number of benzene rings is 1. The fourth-order valence-electron chi connectivity index (χ4n) is 1.05. The zero-order valence-corrected chi connectivity index (χ0v) is 9.04. The van der Waals surface area contributed by atoms with E-state index >= 15 is 0 Å². The molecule has 0 unspecified atom stereocenters. The van der Waals surface area contributed by atoms with Crippen LogP contribution in [-0.4, -0.2) is 23.3 Å². The van der Waals surface area contributed by atoms with Gasteiger partial charge in [0.15, 0.2) is 11.5 Å². The summed E-state index contributed by atoms with van der Waals surface area (Å²) in [5, 5.41) is 18.0. The number of halogens is 1. The molecule has 0 spiro atoms. The van der Waals surface area contributed by atoms with Gasteiger partial charge in [0.25, 0.3) is 0 Å². The average molecular weight is 261 g/mol. The summed E-state index contributed by atoms with van der Waals surface area (Å²) in [5.74, 6) is -0.701. The van der Waals surface area contributed by atoms with Gasteiger partial charge in [0.2, 0.25) is 0 Å². The number of ether oxygens (including phenoxy) is 1. The zero-order chi connectivity index (χ0) is 10.7. The molecule has 1 rings (SSSR count). The minimum atomic E-state index is -0.949. The van der Waals surface area contributed by atoms with E-state index in [1.807, 2.05) is 0 Å². The first-order chi connectivity index (χ1) is 6.54. The van der Waals surface area contributed by atoms with Crippen molar-refractivity contribution < 1.29 is 19.7 Å². The van der Waals surface area contributed by atoms with Gasteiger partial charge in [0.05, 0.1) is 13.5 Å². The average Bonchev–Trinajstić information content (AvgIpc) is 2.10. The Morgan fingerprint density at radius 1 is 1.57 bits per heavy atom. The van der Waals surface area contributed by atoms with Gasteiger partial charge in [-0.15, -0.1) is 0 Å². The number of aromatic hydroxyl groups is 1. The summed E-state index contributed by atoms with van der Waals surface area (Å²) in [4.78, 5) is 10.5. The van der Waals surface area contributed by atoms with E-state index in [0.717, 1.165) is 0 Å². The first-order valence-corrected chi connectivity index (χ1v) is 4.61. The van der Waals surface area contributed by atoms with Gasteiger partial charge in [-0.05, 0) is 17.7 Å². The van der Waals surface area contributed by atoms with Crippen molar-refractivity contribution in [2.45, 2.75) is 6.42 Å². The second kappa shape index (κ2) is 4.32. The minimum absolute atomic E-state index is 0.0630. The Hall–Kier alpha value is -1.23. The lowest BCUT2D eigenvalue weighted by Crippen LogP contribution is -2.01. The number of phenols is 1. The summed E-state index contributed by atoms with van der Waals surface area (Å²) in [6, 6.07) is 2.91. The third-order valence-electron chi connectivity index (χ3n) is 1.69. The number of aliphatic carboxylic acids is 1. The monoisotopic (exact) mass is 260 g/mol. The van der Waals surface area contributed by atoms with Crippen LogP contribution in [0.25, 0.3) is 0 Å². The first kappa shape index (κ1) is 10.8. The number of phenolic OH excluding ortho intramolecular Hbond substituents is 1. The quantitative estimate of drug-likeness (QED) is 0.870. The highest BCUT2D eigenvalue weighted by Crippen LogP contribution is 2.32. The van der Waals surface area contributed by atoms with Crippen LogP contribution in [-0.2, 0) is 11.2 Å². The maximum atomic E-state index is 10.5. The molecule has 0 radical (unpaired) electrons. The number of carboxylic acids is 1. The third-order valence-corrected chi connectivity index (χ3v) is 2.43. The normalized spacial score (nSPS) is 9.86. The Labute approximate surface area is 89.3 Å². The second-order valence-electron chi connectivity index (χ2n) is 2.69. The lowest BCUT2D eigenvalue weighted by atomic mass is 10.1. The van der Waals surface area contributed by atoms with Gasteiger partial charge in [0.1, 0.15) is 0 Å². The van der Waals surface area contributed by atoms with Crippen LogP contribution in [0.3, 0.4) is 0 Å². The highest BCUT2D eigenvalue weighted by atomic mass is 79.9. The van der Waals surface area contributed by atoms with Crippen LogP contribution >= 0.6 is 15.9 Å². The molecule has 0 bridgehead atoms. The van der Waals surface area contributed by atoms with Crippen LogP contribution in [0.5, 0.6) is 11.5 Å². The largest absolute Gasteiger partial charge is 0.504 e. The Balaban J connectivity index is 3.08. The van der Waals surface area contributed by atoms with Crippen molar-refractivity contribution >= 4 is 21.9 Å². The number of rotatable bonds is 3. The molecule has 2 N–H and O–H groups in total. The lowest BCUT2D eigenvalue weighted by Gasteiger charge is -2.07. The molecule has 0 heterocycles. The molecule has 0 aliphatic rings. The van der Waals surface area contributed by atoms with E-state index in [2.05, 4.69) is 15.9 Å². The number of carboxylic acid groups (broad SMARTS) is 1. The van der Waals surface area contributed by atoms with Crippen LogP contribution in [0.15, 0.2) is 16.6 Å². The van der Waals surface area contributed by atoms with Crippen LogP contribution in [0.2, 0.25) is 0 Å². The maximum absolute atomic E-state index is 10.5. The van der Waals surface area contributed by atoms with E-state index in [9.17, 15) is 9.90 Å². The van der Waals surface area contributed by atoms with E-state index in [0.29, 0.717) is 15.8 Å². The smallest absolute Gasteiger partial charge is 0.307 e. The van der Waals surface area contributed by atoms with E-state index in [-0.39, 0.29) is 12.2 Å². The van der Waals surface area contributed by atoms with Crippen molar-refractivity contribution in [1.82, 2.24) is 0 Å². The van der Waals surface area contributed by atoms with E-state index in [4.69, 9.17) is 9.84 Å². The molecule has 14 heavy (non-hydrogen) atoms. The molecule has 1 aromatic rings. The summed E-state index contributed by atoms with van der Waals surface area (Å²) < 4.78 is 5.46. The van der Waals surface area contributed by atoms with Crippen LogP contribution in [0, 0.1) is 0 Å². The Morgan fingerprint density at radius 2 is 2.21 bits per heavy atom. The third kappa shape index (κ3) is 2.38. The molecule has 4 nitrogen and oxygen atoms in total.